The van der Waals surface area contributed by atoms with Crippen molar-refractivity contribution in [1.29, 1.82) is 0 Å². The minimum atomic E-state index is -6.39. The first-order chi connectivity index (χ1) is 22.1. The van der Waals surface area contributed by atoms with Gasteiger partial charge in [0.25, 0.3) is 0 Å². The van der Waals surface area contributed by atoms with Gasteiger partial charge in [-0.05, 0) is 70.6 Å². The lowest BCUT2D eigenvalue weighted by Crippen LogP contribution is -2.47. The fourth-order valence-electron chi connectivity index (χ4n) is 5.34. The van der Waals surface area contributed by atoms with Crippen molar-refractivity contribution < 1.29 is 90.4 Å². The maximum atomic E-state index is 13.9. The van der Waals surface area contributed by atoms with Crippen molar-refractivity contribution in [2.75, 3.05) is 6.61 Å². The predicted molar refractivity (Wildman–Crippen MR) is 138 cm³/mol. The summed E-state index contributed by atoms with van der Waals surface area (Å²) in [6.45, 7) is 2.13. The van der Waals surface area contributed by atoms with Crippen LogP contribution in [-0.4, -0.2) is 66.6 Å². The second-order valence-electron chi connectivity index (χ2n) is 11.9. The summed E-state index contributed by atoms with van der Waals surface area (Å²) >= 11 is 0. The van der Waals surface area contributed by atoms with Crippen molar-refractivity contribution in [2.45, 2.75) is 101 Å². The molecule has 7 nitrogen and oxygen atoms in total. The highest BCUT2D eigenvalue weighted by Gasteiger charge is 2.66. The van der Waals surface area contributed by atoms with Crippen LogP contribution < -0.4 is 9.47 Å². The third kappa shape index (κ3) is 8.90. The Morgan fingerprint density at radius 1 is 0.898 bits per heavy atom. The number of carbonyl (C=O) groups excluding carboxylic acids is 3. The van der Waals surface area contributed by atoms with E-state index >= 15 is 0 Å². The Morgan fingerprint density at radius 2 is 1.47 bits per heavy atom. The number of hydrogen-bond acceptors (Lipinski definition) is 7. The molecule has 276 valence electrons. The van der Waals surface area contributed by atoms with E-state index < -0.39 is 84.2 Å². The van der Waals surface area contributed by atoms with Gasteiger partial charge < -0.3 is 18.9 Å². The van der Waals surface area contributed by atoms with E-state index in [4.69, 9.17) is 4.74 Å². The lowest BCUT2D eigenvalue weighted by atomic mass is 9.67. The molecule has 49 heavy (non-hydrogen) atoms. The van der Waals surface area contributed by atoms with Crippen LogP contribution in [0.4, 0.5) is 57.1 Å². The fourth-order valence-corrected chi connectivity index (χ4v) is 5.34. The number of carbonyl (C=O) groups is 3. The van der Waals surface area contributed by atoms with Gasteiger partial charge in [0.2, 0.25) is 0 Å². The summed E-state index contributed by atoms with van der Waals surface area (Å²) in [5.74, 6) is -22.2. The van der Waals surface area contributed by atoms with Crippen LogP contribution in [0.1, 0.15) is 63.5 Å². The van der Waals surface area contributed by atoms with Gasteiger partial charge in [-0.2, -0.15) is 57.1 Å². The van der Waals surface area contributed by atoms with E-state index in [2.05, 4.69) is 14.2 Å². The summed E-state index contributed by atoms with van der Waals surface area (Å²) in [6.07, 6.45) is -18.8. The van der Waals surface area contributed by atoms with Crippen LogP contribution in [0.2, 0.25) is 0 Å². The van der Waals surface area contributed by atoms with Gasteiger partial charge in [-0.25, -0.2) is 14.4 Å². The van der Waals surface area contributed by atoms with Crippen LogP contribution in [-0.2, 0) is 30.3 Å². The molecule has 0 aromatic heterocycles. The van der Waals surface area contributed by atoms with Crippen molar-refractivity contribution in [3.63, 3.8) is 0 Å². The van der Waals surface area contributed by atoms with Crippen LogP contribution in [0.25, 0.3) is 0 Å². The highest BCUT2D eigenvalue weighted by molar-refractivity contribution is 5.89. The van der Waals surface area contributed by atoms with E-state index in [-0.39, 0.29) is 54.6 Å². The summed E-state index contributed by atoms with van der Waals surface area (Å²) < 4.78 is 187. The first-order valence-corrected chi connectivity index (χ1v) is 14.2. The van der Waals surface area contributed by atoms with Gasteiger partial charge in [-0.3, -0.25) is 0 Å². The molecule has 1 heterocycles. The topological polar surface area (TPSA) is 88.1 Å². The summed E-state index contributed by atoms with van der Waals surface area (Å²) in [5.41, 5.74) is -1.79. The Hall–Kier alpha value is -3.74. The lowest BCUT2D eigenvalue weighted by molar-refractivity contribution is -0.282. The molecule has 1 aromatic rings. The number of allylic oxidation sites excluding steroid dienone is 1. The van der Waals surface area contributed by atoms with Crippen LogP contribution in [0.3, 0.4) is 0 Å². The highest BCUT2D eigenvalue weighted by Crippen LogP contribution is 2.54. The smallest absolute Gasteiger partial charge is 0.465 e. The number of ether oxygens (including phenoxy) is 4. The molecule has 0 radical (unpaired) electrons. The van der Waals surface area contributed by atoms with E-state index in [1.165, 1.54) is 19.9 Å². The van der Waals surface area contributed by atoms with E-state index in [0.717, 1.165) is 19.1 Å². The Kier molecular flexibility index (Phi) is 11.0. The molecule has 1 unspecified atom stereocenters. The molecule has 0 bridgehead atoms. The van der Waals surface area contributed by atoms with Gasteiger partial charge in [0.15, 0.2) is 6.61 Å². The third-order valence-electron chi connectivity index (χ3n) is 7.74. The van der Waals surface area contributed by atoms with Crippen molar-refractivity contribution in [3.8, 4) is 11.5 Å². The van der Waals surface area contributed by atoms with Gasteiger partial charge in [0.05, 0.1) is 6.10 Å². The number of hydrogen-bond donors (Lipinski definition) is 0. The van der Waals surface area contributed by atoms with Crippen LogP contribution in [0, 0.1) is 5.92 Å². The zero-order valence-corrected chi connectivity index (χ0v) is 25.5. The van der Waals surface area contributed by atoms with Crippen molar-refractivity contribution in [1.82, 2.24) is 0 Å². The number of halogens is 13. The summed E-state index contributed by atoms with van der Waals surface area (Å²) in [6, 6.07) is 2.08. The molecule has 0 saturated carbocycles. The van der Waals surface area contributed by atoms with Gasteiger partial charge in [0.1, 0.15) is 17.1 Å². The maximum absolute atomic E-state index is 13.9. The Morgan fingerprint density at radius 3 is 2.02 bits per heavy atom. The van der Waals surface area contributed by atoms with E-state index in [1.807, 2.05) is 0 Å². The number of esters is 3. The molecule has 0 fully saturated rings. The summed E-state index contributed by atoms with van der Waals surface area (Å²) in [4.78, 5) is 35.9. The van der Waals surface area contributed by atoms with Crippen LogP contribution in [0.5, 0.6) is 11.5 Å². The minimum absolute atomic E-state index is 0.00475. The quantitative estimate of drug-likeness (QED) is 0.137. The third-order valence-corrected chi connectivity index (χ3v) is 7.74. The van der Waals surface area contributed by atoms with Crippen LogP contribution >= 0.6 is 0 Å². The monoisotopic (exact) mass is 734 g/mol. The average molecular weight is 735 g/mol. The number of alkyl halides is 13. The number of rotatable bonds is 10. The first kappa shape index (κ1) is 39.7. The molecule has 1 aliphatic carbocycles. The standard InChI is InChI=1S/C29H27F13O7/c1-13(47-22(44)26(33,34)28(37,38)39)5-4-6-14-9-18(48-23(45)27(35,36)29(40,41)42)20-16-11-15(21(43)46-12-25(30,31)32)7-8-17(16)24(2,3)49-19(20)10-14/h9-11,13,16-17H,4-8,12H2,1-3H3/t13?,16-,17-/m1/s1. The number of aryl methyl sites for hydroxylation is 1. The van der Waals surface area contributed by atoms with E-state index in [1.54, 1.807) is 0 Å². The maximum Gasteiger partial charge on any atom is 0.465 e. The largest absolute Gasteiger partial charge is 0.487 e. The molecule has 3 rings (SSSR count). The Bertz CT molecular complexity index is 1460. The molecular formula is C29H27F13O7. The normalized spacial score (nSPS) is 20.2. The van der Waals surface area contributed by atoms with E-state index in [9.17, 15) is 71.5 Å². The zero-order valence-electron chi connectivity index (χ0n) is 25.5. The minimum Gasteiger partial charge on any atom is -0.487 e. The molecule has 2 aliphatic rings. The van der Waals surface area contributed by atoms with Crippen molar-refractivity contribution in [3.05, 3.63) is 34.9 Å². The predicted octanol–water partition coefficient (Wildman–Crippen LogP) is 7.94. The number of benzene rings is 1. The second kappa shape index (κ2) is 13.5. The van der Waals surface area contributed by atoms with Crippen LogP contribution in [0.15, 0.2) is 23.8 Å². The summed E-state index contributed by atoms with van der Waals surface area (Å²) in [5, 5.41) is 0. The summed E-state index contributed by atoms with van der Waals surface area (Å²) in [7, 11) is 0. The van der Waals surface area contributed by atoms with Crippen molar-refractivity contribution in [2.24, 2.45) is 5.92 Å². The van der Waals surface area contributed by atoms with Gasteiger partial charge in [0, 0.05) is 23.0 Å². The molecule has 1 aromatic carbocycles. The highest BCUT2D eigenvalue weighted by atomic mass is 19.4. The average Bonchev–Trinajstić information content (AvgIpc) is 2.93. The molecule has 0 spiro atoms. The molecule has 1 aliphatic heterocycles. The second-order valence-corrected chi connectivity index (χ2v) is 11.9. The zero-order chi connectivity index (χ0) is 37.5. The molecular weight excluding hydrogens is 707 g/mol. The Labute approximate surface area is 268 Å². The fraction of sp³-hybridized carbons (Fsp3) is 0.621. The molecule has 0 saturated heterocycles. The lowest BCUT2D eigenvalue weighted by Gasteiger charge is -2.46. The Balaban J connectivity index is 1.99. The van der Waals surface area contributed by atoms with Crippen molar-refractivity contribution >= 4 is 17.9 Å². The van der Waals surface area contributed by atoms with Gasteiger partial charge in [-0.1, -0.05) is 6.08 Å². The molecule has 20 heteroatoms. The first-order valence-electron chi connectivity index (χ1n) is 14.2. The molecule has 0 N–H and O–H groups in total. The molecule has 0 amide bonds. The van der Waals surface area contributed by atoms with Gasteiger partial charge in [-0.15, -0.1) is 0 Å². The number of fused-ring (bicyclic) bond motifs is 3. The SMILES string of the molecule is CC(CCCc1cc(OC(=O)C(F)(F)C(F)(F)F)c2c(c1)OC(C)(C)[C@@H]1CCC(C(=O)OCC(F)(F)F)=C[C@@H]21)OC(=O)C(F)(F)C(F)(F)F. The molecule has 3 atom stereocenters. The van der Waals surface area contributed by atoms with Gasteiger partial charge >= 0.3 is 48.3 Å². The van der Waals surface area contributed by atoms with E-state index in [0.29, 0.717) is 0 Å².